The molecule has 1 aromatic carbocycles. The molecule has 0 aromatic heterocycles. The SMILES string of the molecule is CSCC(=O)c1cc(C)c(B(O)O)cc1F. The Labute approximate surface area is 97.8 Å². The van der Waals surface area contributed by atoms with E-state index in [2.05, 4.69) is 0 Å². The molecule has 0 spiro atoms. The van der Waals surface area contributed by atoms with Crippen LogP contribution in [0.15, 0.2) is 12.1 Å². The molecule has 0 saturated carbocycles. The standard InChI is InChI=1S/C10H12BFO3S/c1-6-3-7(10(13)5-16-2)9(12)4-8(6)11(14)15/h3-4,14-15H,5H2,1-2H3. The average molecular weight is 242 g/mol. The van der Waals surface area contributed by atoms with Crippen molar-refractivity contribution < 1.29 is 19.2 Å². The van der Waals surface area contributed by atoms with Gasteiger partial charge in [0, 0.05) is 0 Å². The van der Waals surface area contributed by atoms with E-state index in [0.29, 0.717) is 5.56 Å². The lowest BCUT2D eigenvalue weighted by Crippen LogP contribution is -2.33. The highest BCUT2D eigenvalue weighted by Crippen LogP contribution is 2.12. The van der Waals surface area contributed by atoms with Crippen molar-refractivity contribution in [3.8, 4) is 0 Å². The Bertz CT molecular complexity index is 409. The third-order valence-electron chi connectivity index (χ3n) is 2.21. The van der Waals surface area contributed by atoms with Gasteiger partial charge in [-0.25, -0.2) is 4.39 Å². The number of aryl methyl sites for hydroxylation is 1. The lowest BCUT2D eigenvalue weighted by atomic mass is 9.76. The van der Waals surface area contributed by atoms with Gasteiger partial charge in [0.25, 0.3) is 0 Å². The molecule has 1 aromatic rings. The van der Waals surface area contributed by atoms with Crippen molar-refractivity contribution in [1.82, 2.24) is 0 Å². The van der Waals surface area contributed by atoms with Crippen LogP contribution in [0.5, 0.6) is 0 Å². The van der Waals surface area contributed by atoms with Crippen LogP contribution in [-0.4, -0.2) is 35.0 Å². The van der Waals surface area contributed by atoms with E-state index in [9.17, 15) is 9.18 Å². The van der Waals surface area contributed by atoms with Gasteiger partial charge < -0.3 is 10.0 Å². The summed E-state index contributed by atoms with van der Waals surface area (Å²) in [5.41, 5.74) is 0.565. The number of carbonyl (C=O) groups excluding carboxylic acids is 1. The number of halogens is 1. The summed E-state index contributed by atoms with van der Waals surface area (Å²) < 4.78 is 13.5. The molecule has 0 fully saturated rings. The Balaban J connectivity index is 3.15. The van der Waals surface area contributed by atoms with Gasteiger partial charge in [-0.2, -0.15) is 11.8 Å². The van der Waals surface area contributed by atoms with E-state index in [1.807, 2.05) is 0 Å². The molecule has 0 saturated heterocycles. The highest BCUT2D eigenvalue weighted by Gasteiger charge is 2.19. The zero-order valence-corrected chi connectivity index (χ0v) is 9.84. The molecule has 0 aliphatic carbocycles. The molecule has 6 heteroatoms. The molecule has 0 radical (unpaired) electrons. The predicted molar refractivity (Wildman–Crippen MR) is 63.7 cm³/mol. The zero-order chi connectivity index (χ0) is 12.3. The summed E-state index contributed by atoms with van der Waals surface area (Å²) in [4.78, 5) is 11.5. The molecule has 0 amide bonds. The zero-order valence-electron chi connectivity index (χ0n) is 9.03. The topological polar surface area (TPSA) is 57.5 Å². The van der Waals surface area contributed by atoms with Crippen LogP contribution in [0.25, 0.3) is 0 Å². The highest BCUT2D eigenvalue weighted by atomic mass is 32.2. The fourth-order valence-corrected chi connectivity index (χ4v) is 1.82. The first-order valence-electron chi connectivity index (χ1n) is 4.65. The molecule has 86 valence electrons. The van der Waals surface area contributed by atoms with Crippen LogP contribution in [0.3, 0.4) is 0 Å². The predicted octanol–water partition coefficient (Wildman–Crippen LogP) is 0.360. The monoisotopic (exact) mass is 242 g/mol. The largest absolute Gasteiger partial charge is 0.488 e. The lowest BCUT2D eigenvalue weighted by Gasteiger charge is -2.08. The van der Waals surface area contributed by atoms with E-state index >= 15 is 0 Å². The summed E-state index contributed by atoms with van der Waals surface area (Å²) in [5.74, 6) is -0.808. The highest BCUT2D eigenvalue weighted by molar-refractivity contribution is 7.99. The molecule has 2 N–H and O–H groups in total. The molecule has 16 heavy (non-hydrogen) atoms. The Morgan fingerprint density at radius 2 is 2.12 bits per heavy atom. The van der Waals surface area contributed by atoms with Gasteiger partial charge in [-0.15, -0.1) is 0 Å². The normalized spacial score (nSPS) is 10.3. The number of rotatable bonds is 4. The Hall–Kier alpha value is -0.845. The van der Waals surface area contributed by atoms with E-state index in [1.165, 1.54) is 17.8 Å². The molecule has 0 atom stereocenters. The third kappa shape index (κ3) is 2.84. The minimum atomic E-state index is -1.72. The second-order valence-corrected chi connectivity index (χ2v) is 4.28. The van der Waals surface area contributed by atoms with Crippen molar-refractivity contribution in [2.75, 3.05) is 12.0 Å². The van der Waals surface area contributed by atoms with Crippen molar-refractivity contribution in [3.05, 3.63) is 29.1 Å². The summed E-state index contributed by atoms with van der Waals surface area (Å²) in [6.07, 6.45) is 1.76. The van der Waals surface area contributed by atoms with E-state index < -0.39 is 12.9 Å². The second kappa shape index (κ2) is 5.47. The Morgan fingerprint density at radius 3 is 2.62 bits per heavy atom. The number of hydrogen-bond donors (Lipinski definition) is 2. The number of benzene rings is 1. The van der Waals surface area contributed by atoms with Gasteiger partial charge in [0.15, 0.2) is 5.78 Å². The van der Waals surface area contributed by atoms with Crippen LogP contribution < -0.4 is 5.46 Å². The van der Waals surface area contributed by atoms with Crippen molar-refractivity contribution in [1.29, 1.82) is 0 Å². The summed E-state index contributed by atoms with van der Waals surface area (Å²) >= 11 is 1.31. The first-order chi connectivity index (χ1) is 7.47. The number of carbonyl (C=O) groups is 1. The molecular formula is C10H12BFO3S. The molecular weight excluding hydrogens is 230 g/mol. The minimum Gasteiger partial charge on any atom is -0.423 e. The maximum absolute atomic E-state index is 13.5. The smallest absolute Gasteiger partial charge is 0.423 e. The molecule has 1 rings (SSSR count). The van der Waals surface area contributed by atoms with Crippen LogP contribution in [0, 0.1) is 12.7 Å². The van der Waals surface area contributed by atoms with Crippen LogP contribution in [-0.2, 0) is 0 Å². The van der Waals surface area contributed by atoms with E-state index in [-0.39, 0.29) is 22.6 Å². The Morgan fingerprint density at radius 1 is 1.50 bits per heavy atom. The van der Waals surface area contributed by atoms with Crippen molar-refractivity contribution in [2.24, 2.45) is 0 Å². The fraction of sp³-hybridized carbons (Fsp3) is 0.300. The minimum absolute atomic E-state index is 0.00347. The fourth-order valence-electron chi connectivity index (χ4n) is 1.40. The summed E-state index contributed by atoms with van der Waals surface area (Å²) in [6.45, 7) is 1.60. The molecule has 3 nitrogen and oxygen atoms in total. The van der Waals surface area contributed by atoms with Gasteiger partial charge in [0.2, 0.25) is 0 Å². The van der Waals surface area contributed by atoms with E-state index in [4.69, 9.17) is 10.0 Å². The quantitative estimate of drug-likeness (QED) is 0.591. The number of Topliss-reactive ketones (excluding diaryl/α,β-unsaturated/α-hetero) is 1. The molecule has 0 aliphatic heterocycles. The van der Waals surface area contributed by atoms with Gasteiger partial charge in [-0.05, 0) is 30.8 Å². The van der Waals surface area contributed by atoms with Gasteiger partial charge in [0.1, 0.15) is 5.82 Å². The molecule has 0 bridgehead atoms. The van der Waals surface area contributed by atoms with Crippen LogP contribution in [0.1, 0.15) is 15.9 Å². The van der Waals surface area contributed by atoms with Gasteiger partial charge in [0.05, 0.1) is 11.3 Å². The number of ketones is 1. The van der Waals surface area contributed by atoms with Crippen molar-refractivity contribution in [3.63, 3.8) is 0 Å². The van der Waals surface area contributed by atoms with Gasteiger partial charge in [-0.1, -0.05) is 5.56 Å². The van der Waals surface area contributed by atoms with Crippen molar-refractivity contribution >= 4 is 30.1 Å². The van der Waals surface area contributed by atoms with E-state index in [1.54, 1.807) is 13.2 Å². The number of thioether (sulfide) groups is 1. The maximum atomic E-state index is 13.5. The molecule has 0 aliphatic rings. The Kier molecular flexibility index (Phi) is 4.52. The van der Waals surface area contributed by atoms with Crippen LogP contribution in [0.4, 0.5) is 4.39 Å². The number of hydrogen-bond acceptors (Lipinski definition) is 4. The van der Waals surface area contributed by atoms with Gasteiger partial charge in [-0.3, -0.25) is 4.79 Å². The third-order valence-corrected chi connectivity index (χ3v) is 2.76. The maximum Gasteiger partial charge on any atom is 0.488 e. The van der Waals surface area contributed by atoms with Crippen LogP contribution in [0.2, 0.25) is 0 Å². The molecule has 0 heterocycles. The summed E-state index contributed by atoms with van der Waals surface area (Å²) in [6, 6.07) is 2.34. The van der Waals surface area contributed by atoms with Crippen LogP contribution >= 0.6 is 11.8 Å². The summed E-state index contributed by atoms with van der Waals surface area (Å²) in [7, 11) is -1.72. The molecule has 0 unspecified atom stereocenters. The van der Waals surface area contributed by atoms with Gasteiger partial charge >= 0.3 is 7.12 Å². The average Bonchev–Trinajstić information content (AvgIpc) is 2.20. The second-order valence-electron chi connectivity index (χ2n) is 3.42. The first kappa shape index (κ1) is 13.2. The lowest BCUT2D eigenvalue weighted by molar-refractivity contribution is 0.101. The van der Waals surface area contributed by atoms with E-state index in [0.717, 1.165) is 6.07 Å². The summed E-state index contributed by atoms with van der Waals surface area (Å²) in [5, 5.41) is 17.9. The first-order valence-corrected chi connectivity index (χ1v) is 6.05. The van der Waals surface area contributed by atoms with Crippen molar-refractivity contribution in [2.45, 2.75) is 6.92 Å².